The number of hydrogen-bond donors (Lipinski definition) is 0. The minimum Gasteiger partial charge on any atom is -0.311 e. The lowest BCUT2D eigenvalue weighted by Crippen LogP contribution is -2.37. The lowest BCUT2D eigenvalue weighted by molar-refractivity contribution is 0.731. The third-order valence-corrected chi connectivity index (χ3v) is 12.5. The van der Waals surface area contributed by atoms with Crippen molar-refractivity contribution in [1.29, 1.82) is 0 Å². The number of anilines is 6. The molecule has 0 radical (unpaired) electrons. The summed E-state index contributed by atoms with van der Waals surface area (Å²) in [4.78, 5) is 4.80. The summed E-state index contributed by atoms with van der Waals surface area (Å²) in [6.45, 7) is 0. The van der Waals surface area contributed by atoms with E-state index in [9.17, 15) is 0 Å². The summed E-state index contributed by atoms with van der Waals surface area (Å²) in [6.07, 6.45) is 0. The molecule has 0 saturated heterocycles. The molecule has 298 valence electrons. The van der Waals surface area contributed by atoms with Crippen LogP contribution in [0.4, 0.5) is 34.1 Å². The molecular weight excluding hydrogens is 761 g/mol. The van der Waals surface area contributed by atoms with E-state index >= 15 is 0 Å². The predicted octanol–water partition coefficient (Wildman–Crippen LogP) is 16.3. The van der Waals surface area contributed by atoms with E-state index in [-0.39, 0.29) is 0 Å². The molecule has 1 heterocycles. The molecule has 2 nitrogen and oxygen atoms in total. The first-order chi connectivity index (χ1) is 31.3. The molecule has 0 aromatic heterocycles. The van der Waals surface area contributed by atoms with Gasteiger partial charge in [0, 0.05) is 22.7 Å². The van der Waals surface area contributed by atoms with E-state index in [4.69, 9.17) is 0 Å². The van der Waals surface area contributed by atoms with E-state index in [0.717, 1.165) is 39.6 Å². The summed E-state index contributed by atoms with van der Waals surface area (Å²) in [5, 5.41) is 0. The zero-order valence-electron chi connectivity index (χ0n) is 34.8. The van der Waals surface area contributed by atoms with Gasteiger partial charge >= 0.3 is 0 Å². The van der Waals surface area contributed by atoms with Gasteiger partial charge in [-0.3, -0.25) is 0 Å². The molecular formula is C61H44N2. The Bertz CT molecular complexity index is 2990. The van der Waals surface area contributed by atoms with Crippen LogP contribution in [-0.4, -0.2) is 0 Å². The van der Waals surface area contributed by atoms with Crippen molar-refractivity contribution in [3.8, 4) is 33.4 Å². The molecule has 63 heavy (non-hydrogen) atoms. The number of para-hydroxylation sites is 2. The third kappa shape index (κ3) is 6.79. The third-order valence-electron chi connectivity index (χ3n) is 12.5. The van der Waals surface area contributed by atoms with Crippen LogP contribution >= 0.6 is 0 Å². The second kappa shape index (κ2) is 16.3. The highest BCUT2D eigenvalue weighted by Gasteiger charge is 2.46. The van der Waals surface area contributed by atoms with Crippen LogP contribution < -0.4 is 9.80 Å². The Morgan fingerprint density at radius 3 is 1.10 bits per heavy atom. The van der Waals surface area contributed by atoms with Gasteiger partial charge in [0.25, 0.3) is 0 Å². The van der Waals surface area contributed by atoms with E-state index in [1.807, 2.05) is 0 Å². The molecule has 2 heteroatoms. The zero-order valence-corrected chi connectivity index (χ0v) is 34.8. The second-order valence-electron chi connectivity index (χ2n) is 16.1. The first-order valence-electron chi connectivity index (χ1n) is 21.7. The Morgan fingerprint density at radius 1 is 0.270 bits per heavy atom. The number of hydrogen-bond acceptors (Lipinski definition) is 2. The molecule has 0 saturated carbocycles. The van der Waals surface area contributed by atoms with E-state index in [2.05, 4.69) is 277 Å². The summed E-state index contributed by atoms with van der Waals surface area (Å²) >= 11 is 0. The fraction of sp³-hybridized carbons (Fsp3) is 0.0164. The molecule has 0 N–H and O–H groups in total. The van der Waals surface area contributed by atoms with Crippen molar-refractivity contribution in [2.24, 2.45) is 0 Å². The molecule has 0 bridgehead atoms. The van der Waals surface area contributed by atoms with Crippen molar-refractivity contribution in [2.45, 2.75) is 5.41 Å². The maximum Gasteiger partial charge on any atom is 0.0742 e. The van der Waals surface area contributed by atoms with Gasteiger partial charge in [-0.05, 0) is 116 Å². The summed E-state index contributed by atoms with van der Waals surface area (Å²) < 4.78 is 0. The van der Waals surface area contributed by atoms with Crippen LogP contribution in [0.1, 0.15) is 22.3 Å². The summed E-state index contributed by atoms with van der Waals surface area (Å²) in [6, 6.07) is 96.9. The van der Waals surface area contributed by atoms with Crippen molar-refractivity contribution < 1.29 is 0 Å². The van der Waals surface area contributed by atoms with Gasteiger partial charge in [0.2, 0.25) is 0 Å². The lowest BCUT2D eigenvalue weighted by atomic mass is 9.62. The lowest BCUT2D eigenvalue weighted by Gasteiger charge is -2.46. The van der Waals surface area contributed by atoms with Crippen LogP contribution in [0.3, 0.4) is 0 Å². The number of nitrogens with zero attached hydrogens (tertiary/aromatic N) is 2. The normalized spacial score (nSPS) is 12.5. The van der Waals surface area contributed by atoms with Crippen LogP contribution in [0.15, 0.2) is 267 Å². The van der Waals surface area contributed by atoms with Crippen LogP contribution in [0.5, 0.6) is 0 Å². The molecule has 0 amide bonds. The van der Waals surface area contributed by atoms with Crippen LogP contribution in [0, 0.1) is 0 Å². The molecule has 0 unspecified atom stereocenters. The van der Waals surface area contributed by atoms with Gasteiger partial charge in [0.05, 0.1) is 16.8 Å². The fourth-order valence-electron chi connectivity index (χ4n) is 9.61. The zero-order chi connectivity index (χ0) is 42.0. The summed E-state index contributed by atoms with van der Waals surface area (Å²) in [7, 11) is 0. The molecule has 0 spiro atoms. The highest BCUT2D eigenvalue weighted by atomic mass is 15.2. The first kappa shape index (κ1) is 37.8. The average molecular weight is 805 g/mol. The van der Waals surface area contributed by atoms with Crippen LogP contribution in [0.2, 0.25) is 0 Å². The van der Waals surface area contributed by atoms with Crippen molar-refractivity contribution >= 4 is 34.1 Å². The topological polar surface area (TPSA) is 6.48 Å². The quantitative estimate of drug-likeness (QED) is 0.143. The number of benzene rings is 10. The molecule has 10 aromatic carbocycles. The Morgan fingerprint density at radius 2 is 0.619 bits per heavy atom. The van der Waals surface area contributed by atoms with Gasteiger partial charge < -0.3 is 9.80 Å². The van der Waals surface area contributed by atoms with Crippen molar-refractivity contribution in [1.82, 2.24) is 0 Å². The minimum absolute atomic E-state index is 0.547. The Balaban J connectivity index is 1.04. The number of rotatable bonds is 9. The maximum atomic E-state index is 2.45. The molecule has 1 aliphatic heterocycles. The van der Waals surface area contributed by atoms with Crippen molar-refractivity contribution in [2.75, 3.05) is 9.80 Å². The van der Waals surface area contributed by atoms with Gasteiger partial charge in [-0.15, -0.1) is 0 Å². The molecule has 1 aliphatic rings. The van der Waals surface area contributed by atoms with Crippen LogP contribution in [0.25, 0.3) is 33.4 Å². The Kier molecular flexibility index (Phi) is 9.80. The smallest absolute Gasteiger partial charge is 0.0742 e. The predicted molar refractivity (Wildman–Crippen MR) is 264 cm³/mol. The SMILES string of the molecule is c1ccc(-c2ccc(N(c3ccc(-c4ccccc4)cc3)c3ccc(-c4ccc5c(c4)N(c4ccccc4)c4ccccc4C5(c4ccccc4)c4ccccc4)cc3)cc2)cc1. The molecule has 11 rings (SSSR count). The van der Waals surface area contributed by atoms with Crippen molar-refractivity contribution in [3.05, 3.63) is 289 Å². The Hall–Kier alpha value is -8.20. The fourth-order valence-corrected chi connectivity index (χ4v) is 9.61. The largest absolute Gasteiger partial charge is 0.311 e. The maximum absolute atomic E-state index is 2.45. The molecule has 0 aliphatic carbocycles. The summed E-state index contributed by atoms with van der Waals surface area (Å²) in [5.41, 5.74) is 18.3. The molecule has 0 atom stereocenters. The Labute approximate surface area is 370 Å². The highest BCUT2D eigenvalue weighted by molar-refractivity contribution is 5.91. The first-order valence-corrected chi connectivity index (χ1v) is 21.7. The van der Waals surface area contributed by atoms with Gasteiger partial charge in [-0.25, -0.2) is 0 Å². The molecule has 0 fully saturated rings. The monoisotopic (exact) mass is 804 g/mol. The second-order valence-corrected chi connectivity index (χ2v) is 16.1. The molecule has 10 aromatic rings. The van der Waals surface area contributed by atoms with Gasteiger partial charge in [0.1, 0.15) is 0 Å². The van der Waals surface area contributed by atoms with E-state index in [1.54, 1.807) is 0 Å². The average Bonchev–Trinajstić information content (AvgIpc) is 3.37. The van der Waals surface area contributed by atoms with Gasteiger partial charge in [0.15, 0.2) is 0 Å². The van der Waals surface area contributed by atoms with E-state index in [1.165, 1.54) is 50.2 Å². The highest BCUT2D eigenvalue weighted by Crippen LogP contribution is 2.58. The van der Waals surface area contributed by atoms with E-state index in [0.29, 0.717) is 0 Å². The number of fused-ring (bicyclic) bond motifs is 2. The van der Waals surface area contributed by atoms with Gasteiger partial charge in [-0.2, -0.15) is 0 Å². The van der Waals surface area contributed by atoms with Gasteiger partial charge in [-0.1, -0.05) is 206 Å². The van der Waals surface area contributed by atoms with Crippen molar-refractivity contribution in [3.63, 3.8) is 0 Å². The summed E-state index contributed by atoms with van der Waals surface area (Å²) in [5.74, 6) is 0. The standard InChI is InChI=1S/C61H44N2/c1-6-18-45(19-7-1)47-30-37-54(38-31-47)62(55-39-32-48(33-40-55)46-20-8-2-9-21-46)56-41-34-49(35-42-56)50-36-43-58-60(44-50)63(53-26-14-5-15-27-53)59-29-17-16-28-57(59)61(58,51-22-10-3-11-23-51)52-24-12-4-13-25-52/h1-44H. The minimum atomic E-state index is -0.547. The van der Waals surface area contributed by atoms with E-state index < -0.39 is 5.41 Å². The van der Waals surface area contributed by atoms with Crippen LogP contribution in [-0.2, 0) is 5.41 Å².